The summed E-state index contributed by atoms with van der Waals surface area (Å²) in [5.41, 5.74) is 0.218. The zero-order valence-electron chi connectivity index (χ0n) is 29.6. The minimum atomic E-state index is -4.63. The number of anilines is 3. The fraction of sp³-hybridized carbons (Fsp3) is 0.471. The van der Waals surface area contributed by atoms with Gasteiger partial charge in [-0.1, -0.05) is 23.7 Å². The van der Waals surface area contributed by atoms with Crippen LogP contribution in [-0.2, 0) is 25.1 Å². The number of nitrogens with one attached hydrogen (secondary N) is 4. The number of nitrogens with zero attached hydrogens (tertiary/aromatic N) is 4. The van der Waals surface area contributed by atoms with Crippen LogP contribution >= 0.6 is 11.6 Å². The maximum Gasteiger partial charge on any atom is 0.422 e. The molecule has 4 N–H and O–H groups in total. The number of carbonyl (C=O) groups excluding carboxylic acids is 3. The van der Waals surface area contributed by atoms with E-state index in [9.17, 15) is 36.0 Å². The molecule has 1 saturated heterocycles. The average molecular weight is 797 g/mol. The first kappa shape index (κ1) is 40.3. The molecule has 292 valence electrons. The first-order valence-corrected chi connectivity index (χ1v) is 19.0. The van der Waals surface area contributed by atoms with Gasteiger partial charge in [0.2, 0.25) is 27.8 Å². The largest absolute Gasteiger partial charge is 0.454 e. The molecule has 3 amide bonds. The van der Waals surface area contributed by atoms with Crippen molar-refractivity contribution in [3.8, 4) is 6.01 Å². The van der Waals surface area contributed by atoms with Crippen LogP contribution in [0.25, 0.3) is 0 Å². The SMILES string of the molecule is CC(C)(C)OC(=O)N1CCC(C(=O)NS(=O)(=O)CCNC(=O)c2ccc(Nc3nc(NC4(c5ccc(Cl)cc5)CC4)nc(OCC(F)(F)F)n3)cc2)CC1. The first-order valence-electron chi connectivity index (χ1n) is 17.0. The molecule has 54 heavy (non-hydrogen) atoms. The summed E-state index contributed by atoms with van der Waals surface area (Å²) in [4.78, 5) is 51.4. The zero-order chi connectivity index (χ0) is 39.3. The van der Waals surface area contributed by atoms with Gasteiger partial charge >= 0.3 is 18.3 Å². The number of hydrogen-bond donors (Lipinski definition) is 4. The van der Waals surface area contributed by atoms with Gasteiger partial charge in [-0.2, -0.15) is 28.1 Å². The summed E-state index contributed by atoms with van der Waals surface area (Å²) in [6.45, 7) is 3.82. The molecule has 3 aromatic rings. The van der Waals surface area contributed by atoms with Gasteiger partial charge in [-0.25, -0.2) is 13.2 Å². The number of ether oxygens (including phenoxy) is 2. The van der Waals surface area contributed by atoms with Gasteiger partial charge in [-0.3, -0.25) is 14.3 Å². The lowest BCUT2D eigenvalue weighted by Gasteiger charge is -2.32. The second kappa shape index (κ2) is 16.2. The highest BCUT2D eigenvalue weighted by Crippen LogP contribution is 2.48. The Hall–Kier alpha value is -4.91. The van der Waals surface area contributed by atoms with E-state index in [2.05, 4.69) is 35.6 Å². The molecule has 2 aliphatic rings. The predicted octanol–water partition coefficient (Wildman–Crippen LogP) is 5.13. The monoisotopic (exact) mass is 796 g/mol. The maximum absolute atomic E-state index is 12.9. The molecule has 0 unspecified atom stereocenters. The summed E-state index contributed by atoms with van der Waals surface area (Å²) in [5.74, 6) is -2.60. The van der Waals surface area contributed by atoms with E-state index in [0.29, 0.717) is 23.6 Å². The second-order valence-electron chi connectivity index (χ2n) is 13.9. The molecule has 20 heteroatoms. The van der Waals surface area contributed by atoms with Gasteiger partial charge in [0.1, 0.15) is 5.60 Å². The third-order valence-electron chi connectivity index (χ3n) is 8.31. The number of alkyl halides is 3. The quantitative estimate of drug-likeness (QED) is 0.178. The number of piperidine rings is 1. The summed E-state index contributed by atoms with van der Waals surface area (Å²) in [6.07, 6.45) is -3.16. The smallest absolute Gasteiger partial charge is 0.422 e. The first-order chi connectivity index (χ1) is 25.3. The Bertz CT molecular complexity index is 1930. The van der Waals surface area contributed by atoms with Crippen molar-refractivity contribution in [2.45, 2.75) is 63.8 Å². The van der Waals surface area contributed by atoms with Crippen LogP contribution in [0.15, 0.2) is 48.5 Å². The lowest BCUT2D eigenvalue weighted by Crippen LogP contribution is -2.46. The number of rotatable bonds is 13. The van der Waals surface area contributed by atoms with E-state index in [4.69, 9.17) is 21.1 Å². The summed E-state index contributed by atoms with van der Waals surface area (Å²) < 4.78 is 76.1. The maximum atomic E-state index is 12.9. The van der Waals surface area contributed by atoms with Gasteiger partial charge in [0.25, 0.3) is 5.91 Å². The van der Waals surface area contributed by atoms with Gasteiger partial charge in [-0.05, 0) is 88.4 Å². The zero-order valence-corrected chi connectivity index (χ0v) is 31.2. The van der Waals surface area contributed by atoms with Crippen molar-refractivity contribution in [1.29, 1.82) is 0 Å². The van der Waals surface area contributed by atoms with Crippen LogP contribution in [0.1, 0.15) is 62.4 Å². The van der Waals surface area contributed by atoms with Crippen LogP contribution in [0, 0.1) is 5.92 Å². The number of sulfonamides is 1. The van der Waals surface area contributed by atoms with Crippen LogP contribution in [0.5, 0.6) is 6.01 Å². The summed E-state index contributed by atoms with van der Waals surface area (Å²) in [5, 5.41) is 9.09. The Balaban J connectivity index is 1.13. The van der Waals surface area contributed by atoms with Crippen molar-refractivity contribution in [3.63, 3.8) is 0 Å². The molecule has 2 aromatic carbocycles. The molecule has 2 fully saturated rings. The van der Waals surface area contributed by atoms with Crippen LogP contribution < -0.4 is 25.4 Å². The summed E-state index contributed by atoms with van der Waals surface area (Å²) in [7, 11) is -4.08. The molecule has 2 heterocycles. The molecule has 15 nitrogen and oxygen atoms in total. The van der Waals surface area contributed by atoms with E-state index in [1.807, 2.05) is 12.1 Å². The fourth-order valence-corrected chi connectivity index (χ4v) is 6.52. The van der Waals surface area contributed by atoms with Crippen molar-refractivity contribution >= 4 is 57.1 Å². The number of hydrogen-bond acceptors (Lipinski definition) is 12. The van der Waals surface area contributed by atoms with E-state index < -0.39 is 69.5 Å². The second-order valence-corrected chi connectivity index (χ2v) is 16.1. The summed E-state index contributed by atoms with van der Waals surface area (Å²) >= 11 is 6.02. The van der Waals surface area contributed by atoms with Crippen molar-refractivity contribution in [1.82, 2.24) is 29.9 Å². The Morgan fingerprint density at radius 1 is 0.944 bits per heavy atom. The van der Waals surface area contributed by atoms with Crippen molar-refractivity contribution < 1.29 is 45.4 Å². The molecule has 0 atom stereocenters. The van der Waals surface area contributed by atoms with E-state index in [0.717, 1.165) is 5.56 Å². The topological polar surface area (TPSA) is 194 Å². The van der Waals surface area contributed by atoms with E-state index in [-0.39, 0.29) is 49.9 Å². The van der Waals surface area contributed by atoms with Gasteiger partial charge < -0.3 is 30.3 Å². The number of aromatic nitrogens is 3. The van der Waals surface area contributed by atoms with Crippen molar-refractivity contribution in [2.24, 2.45) is 5.92 Å². The lowest BCUT2D eigenvalue weighted by atomic mass is 9.97. The number of benzene rings is 2. The van der Waals surface area contributed by atoms with E-state index >= 15 is 0 Å². The van der Waals surface area contributed by atoms with Gasteiger partial charge in [0.15, 0.2) is 6.61 Å². The standard InChI is InChI=1S/C34H40ClF3N8O7S/c1-32(2,3)53-31(49)46-17-12-22(13-18-46)27(48)45-54(50,51)19-16-39-26(47)21-4-10-25(11-5-21)40-28-41-29(43-30(42-28)52-20-34(36,37)38)44-33(14-15-33)23-6-8-24(35)9-7-23/h4-11,22H,12-20H2,1-3H3,(H,39,47)(H,45,48)(H2,40,41,42,43,44). The van der Waals surface area contributed by atoms with Crippen molar-refractivity contribution in [3.05, 3.63) is 64.7 Å². The molecule has 0 bridgehead atoms. The molecule has 1 aliphatic carbocycles. The van der Waals surface area contributed by atoms with Gasteiger partial charge in [0.05, 0.1) is 11.3 Å². The molecule has 1 aliphatic heterocycles. The molecule has 5 rings (SSSR count). The Morgan fingerprint density at radius 2 is 1.57 bits per heavy atom. The molecule has 1 aromatic heterocycles. The number of amides is 3. The van der Waals surface area contributed by atoms with Gasteiger partial charge in [-0.15, -0.1) is 0 Å². The number of likely N-dealkylation sites (tertiary alicyclic amines) is 1. The highest BCUT2D eigenvalue weighted by Gasteiger charge is 2.45. The number of halogens is 4. The lowest BCUT2D eigenvalue weighted by molar-refractivity contribution is -0.154. The fourth-order valence-electron chi connectivity index (χ4n) is 5.45. The van der Waals surface area contributed by atoms with Crippen LogP contribution in [0.3, 0.4) is 0 Å². The van der Waals surface area contributed by atoms with E-state index in [1.165, 1.54) is 29.2 Å². The van der Waals surface area contributed by atoms with Crippen LogP contribution in [0.4, 0.5) is 35.5 Å². The third kappa shape index (κ3) is 11.8. The van der Waals surface area contributed by atoms with E-state index in [1.54, 1.807) is 32.9 Å². The van der Waals surface area contributed by atoms with Crippen LogP contribution in [0.2, 0.25) is 5.02 Å². The molecule has 1 saturated carbocycles. The average Bonchev–Trinajstić information content (AvgIpc) is 3.86. The highest BCUT2D eigenvalue weighted by atomic mass is 35.5. The van der Waals surface area contributed by atoms with Gasteiger partial charge in [0, 0.05) is 41.8 Å². The predicted molar refractivity (Wildman–Crippen MR) is 192 cm³/mol. The molecule has 0 radical (unpaired) electrons. The molecular formula is C34H40ClF3N8O7S. The molecule has 0 spiro atoms. The minimum absolute atomic E-state index is 0.0251. The third-order valence-corrected chi connectivity index (χ3v) is 9.82. The number of carbonyl (C=O) groups is 3. The normalized spacial score (nSPS) is 15.9. The van der Waals surface area contributed by atoms with Crippen LogP contribution in [-0.4, -0.2) is 89.9 Å². The Labute approximate surface area is 314 Å². The Kier molecular flexibility index (Phi) is 12.1. The minimum Gasteiger partial charge on any atom is -0.454 e. The van der Waals surface area contributed by atoms with Crippen molar-refractivity contribution in [2.75, 3.05) is 42.6 Å². The molecular weight excluding hydrogens is 757 g/mol. The Morgan fingerprint density at radius 3 is 2.17 bits per heavy atom. The summed E-state index contributed by atoms with van der Waals surface area (Å²) in [6, 6.07) is 12.4. The highest BCUT2D eigenvalue weighted by molar-refractivity contribution is 7.90.